The van der Waals surface area contributed by atoms with Crippen molar-refractivity contribution < 1.29 is 4.74 Å². The van der Waals surface area contributed by atoms with E-state index in [1.807, 2.05) is 6.20 Å². The summed E-state index contributed by atoms with van der Waals surface area (Å²) >= 11 is 1.70. The van der Waals surface area contributed by atoms with E-state index in [-0.39, 0.29) is 0 Å². The molecule has 5 heteroatoms. The maximum absolute atomic E-state index is 5.55. The highest BCUT2D eigenvalue weighted by Crippen LogP contribution is 2.14. The first-order chi connectivity index (χ1) is 6.45. The van der Waals surface area contributed by atoms with E-state index in [1.54, 1.807) is 18.0 Å². The molecule has 2 N–H and O–H groups in total. The second-order valence-corrected chi connectivity index (χ2v) is 3.91. The molecule has 1 saturated heterocycles. The van der Waals surface area contributed by atoms with E-state index in [2.05, 4.69) is 15.3 Å². The lowest BCUT2D eigenvalue weighted by Gasteiger charge is -2.22. The Balaban J connectivity index is 1.72. The highest BCUT2D eigenvalue weighted by atomic mass is 32.2. The first-order valence-electron chi connectivity index (χ1n) is 4.39. The largest absolute Gasteiger partial charge is 0.375 e. The van der Waals surface area contributed by atoms with Crippen LogP contribution in [0.1, 0.15) is 0 Å². The molecule has 1 atom stereocenters. The van der Waals surface area contributed by atoms with Crippen molar-refractivity contribution in [1.29, 1.82) is 0 Å². The Bertz CT molecular complexity index is 234. The first-order valence-corrected chi connectivity index (χ1v) is 5.38. The average Bonchev–Trinajstić information content (AvgIpc) is 2.69. The molecule has 1 aliphatic heterocycles. The minimum Gasteiger partial charge on any atom is -0.375 e. The topological polar surface area (TPSA) is 49.9 Å². The molecule has 2 rings (SSSR count). The third-order valence-corrected chi connectivity index (χ3v) is 2.92. The monoisotopic (exact) mass is 199 g/mol. The van der Waals surface area contributed by atoms with Crippen molar-refractivity contribution in [2.24, 2.45) is 0 Å². The van der Waals surface area contributed by atoms with Gasteiger partial charge >= 0.3 is 0 Å². The van der Waals surface area contributed by atoms with Gasteiger partial charge in [0.15, 0.2) is 5.16 Å². The first kappa shape index (κ1) is 9.05. The Morgan fingerprint density at radius 1 is 1.69 bits per heavy atom. The molecular weight excluding hydrogens is 186 g/mol. The van der Waals surface area contributed by atoms with Crippen molar-refractivity contribution >= 4 is 11.8 Å². The van der Waals surface area contributed by atoms with Crippen LogP contribution in [-0.2, 0) is 4.74 Å². The lowest BCUT2D eigenvalue weighted by molar-refractivity contribution is 0.0440. The highest BCUT2D eigenvalue weighted by Gasteiger charge is 2.13. The molecule has 0 aromatic carbocycles. The predicted octanol–water partition coefficient (Wildman–Crippen LogP) is 0.490. The van der Waals surface area contributed by atoms with Gasteiger partial charge < -0.3 is 15.0 Å². The normalized spacial score (nSPS) is 23.2. The second-order valence-electron chi connectivity index (χ2n) is 2.90. The molecule has 4 nitrogen and oxygen atoms in total. The minimum absolute atomic E-state index is 0.323. The smallest absolute Gasteiger partial charge is 0.165 e. The molecule has 0 aliphatic carbocycles. The molecule has 2 heterocycles. The molecule has 0 radical (unpaired) electrons. The van der Waals surface area contributed by atoms with E-state index >= 15 is 0 Å². The van der Waals surface area contributed by atoms with Crippen molar-refractivity contribution in [3.8, 4) is 0 Å². The molecule has 13 heavy (non-hydrogen) atoms. The van der Waals surface area contributed by atoms with Gasteiger partial charge in [-0.3, -0.25) is 0 Å². The zero-order valence-corrected chi connectivity index (χ0v) is 8.14. The Kier molecular flexibility index (Phi) is 3.23. The summed E-state index contributed by atoms with van der Waals surface area (Å²) in [6.07, 6.45) is 3.92. The van der Waals surface area contributed by atoms with Crippen LogP contribution >= 0.6 is 11.8 Å². The average molecular weight is 199 g/mol. The second kappa shape index (κ2) is 4.64. The predicted molar refractivity (Wildman–Crippen MR) is 51.9 cm³/mol. The van der Waals surface area contributed by atoms with Crippen LogP contribution in [0, 0.1) is 0 Å². The number of aromatic amines is 1. The van der Waals surface area contributed by atoms with Gasteiger partial charge in [-0.25, -0.2) is 4.98 Å². The summed E-state index contributed by atoms with van der Waals surface area (Å²) in [6.45, 7) is 2.75. The number of morpholine rings is 1. The zero-order chi connectivity index (χ0) is 8.93. The van der Waals surface area contributed by atoms with E-state index in [1.165, 1.54) is 0 Å². The lowest BCUT2D eigenvalue weighted by Crippen LogP contribution is -2.39. The van der Waals surface area contributed by atoms with Crippen LogP contribution in [0.5, 0.6) is 0 Å². The fourth-order valence-corrected chi connectivity index (χ4v) is 2.07. The van der Waals surface area contributed by atoms with E-state index in [0.29, 0.717) is 6.10 Å². The minimum atomic E-state index is 0.323. The Morgan fingerprint density at radius 2 is 2.69 bits per heavy atom. The van der Waals surface area contributed by atoms with Gasteiger partial charge in [0.2, 0.25) is 0 Å². The lowest BCUT2D eigenvalue weighted by atomic mass is 10.3. The molecule has 1 aliphatic rings. The van der Waals surface area contributed by atoms with Crippen molar-refractivity contribution in [3.63, 3.8) is 0 Å². The van der Waals surface area contributed by atoms with Crippen LogP contribution < -0.4 is 5.32 Å². The van der Waals surface area contributed by atoms with Crippen LogP contribution in [0.25, 0.3) is 0 Å². The number of hydrogen-bond donors (Lipinski definition) is 2. The highest BCUT2D eigenvalue weighted by molar-refractivity contribution is 7.99. The van der Waals surface area contributed by atoms with E-state index in [9.17, 15) is 0 Å². The van der Waals surface area contributed by atoms with Crippen LogP contribution in [0.3, 0.4) is 0 Å². The van der Waals surface area contributed by atoms with Crippen LogP contribution in [-0.4, -0.2) is 41.5 Å². The Labute approximate surface area is 81.5 Å². The van der Waals surface area contributed by atoms with Crippen molar-refractivity contribution in [3.05, 3.63) is 12.4 Å². The molecule has 1 aromatic rings. The zero-order valence-electron chi connectivity index (χ0n) is 7.32. The number of hydrogen-bond acceptors (Lipinski definition) is 4. The quantitative estimate of drug-likeness (QED) is 0.696. The van der Waals surface area contributed by atoms with Gasteiger partial charge in [-0.1, -0.05) is 11.8 Å². The number of nitrogens with one attached hydrogen (secondary N) is 2. The summed E-state index contributed by atoms with van der Waals surface area (Å²) in [5.74, 6) is 0.959. The molecule has 72 valence electrons. The molecular formula is C8H13N3OS. The SMILES string of the molecule is c1c[nH]c(SCC2CNCCO2)n1. The number of nitrogens with zero attached hydrogens (tertiary/aromatic N) is 1. The van der Waals surface area contributed by atoms with Crippen molar-refractivity contribution in [1.82, 2.24) is 15.3 Å². The number of rotatable bonds is 3. The van der Waals surface area contributed by atoms with Gasteiger partial charge in [-0.15, -0.1) is 0 Å². The van der Waals surface area contributed by atoms with Gasteiger partial charge in [0.25, 0.3) is 0 Å². The van der Waals surface area contributed by atoms with E-state index < -0.39 is 0 Å². The third kappa shape index (κ3) is 2.72. The van der Waals surface area contributed by atoms with Crippen LogP contribution in [0.2, 0.25) is 0 Å². The molecule has 0 bridgehead atoms. The van der Waals surface area contributed by atoms with Gasteiger partial charge in [-0.05, 0) is 0 Å². The third-order valence-electron chi connectivity index (χ3n) is 1.88. The molecule has 0 saturated carbocycles. The van der Waals surface area contributed by atoms with Gasteiger partial charge in [0.1, 0.15) is 0 Å². The number of imidazole rings is 1. The summed E-state index contributed by atoms with van der Waals surface area (Å²) in [4.78, 5) is 7.18. The number of H-pyrrole nitrogens is 1. The number of aromatic nitrogens is 2. The van der Waals surface area contributed by atoms with Gasteiger partial charge in [-0.2, -0.15) is 0 Å². The maximum atomic E-state index is 5.55. The van der Waals surface area contributed by atoms with Crippen molar-refractivity contribution in [2.75, 3.05) is 25.4 Å². The van der Waals surface area contributed by atoms with Crippen LogP contribution in [0.15, 0.2) is 17.6 Å². The molecule has 0 amide bonds. The standard InChI is InChI=1S/C8H13N3OS/c1-2-11-8(10-1)13-6-7-5-9-3-4-12-7/h1-2,7,9H,3-6H2,(H,10,11). The Morgan fingerprint density at radius 3 is 3.38 bits per heavy atom. The molecule has 1 aromatic heterocycles. The summed E-state index contributed by atoms with van der Waals surface area (Å²) < 4.78 is 5.55. The summed E-state index contributed by atoms with van der Waals surface area (Å²) in [5.41, 5.74) is 0. The summed E-state index contributed by atoms with van der Waals surface area (Å²) in [5, 5.41) is 4.26. The molecule has 1 fully saturated rings. The fraction of sp³-hybridized carbons (Fsp3) is 0.625. The van der Waals surface area contributed by atoms with E-state index in [4.69, 9.17) is 4.74 Å². The summed E-state index contributed by atoms with van der Waals surface area (Å²) in [6, 6.07) is 0. The van der Waals surface area contributed by atoms with Gasteiger partial charge in [0, 0.05) is 31.2 Å². The Hall–Kier alpha value is -0.520. The molecule has 1 unspecified atom stereocenters. The van der Waals surface area contributed by atoms with Crippen molar-refractivity contribution in [2.45, 2.75) is 11.3 Å². The summed E-state index contributed by atoms with van der Waals surface area (Å²) in [7, 11) is 0. The van der Waals surface area contributed by atoms with E-state index in [0.717, 1.165) is 30.6 Å². The van der Waals surface area contributed by atoms with Crippen LogP contribution in [0.4, 0.5) is 0 Å². The maximum Gasteiger partial charge on any atom is 0.165 e. The fourth-order valence-electron chi connectivity index (χ4n) is 1.23. The number of ether oxygens (including phenoxy) is 1. The molecule has 0 spiro atoms. The number of thioether (sulfide) groups is 1. The van der Waals surface area contributed by atoms with Gasteiger partial charge in [0.05, 0.1) is 12.7 Å².